The SMILES string of the molecule is O=C(c1nc(O)c(/C=C2\C=Nc3cc(O)ccc32)[nH]1)c1c[nH]c2ccc(Br)cc12. The first kappa shape index (κ1) is 17.4. The number of ketones is 1. The molecule has 2 aromatic carbocycles. The van der Waals surface area contributed by atoms with Gasteiger partial charge in [-0.1, -0.05) is 15.9 Å². The summed E-state index contributed by atoms with van der Waals surface area (Å²) in [5.74, 6) is -0.442. The zero-order valence-electron chi connectivity index (χ0n) is 14.8. The number of benzene rings is 2. The molecule has 0 unspecified atom stereocenters. The normalized spacial score (nSPS) is 14.0. The Kier molecular flexibility index (Phi) is 3.88. The number of aromatic nitrogens is 3. The Morgan fingerprint density at radius 1 is 1.14 bits per heavy atom. The summed E-state index contributed by atoms with van der Waals surface area (Å²) >= 11 is 3.41. The fourth-order valence-corrected chi connectivity index (χ4v) is 3.71. The van der Waals surface area contributed by atoms with Gasteiger partial charge in [0.2, 0.25) is 11.7 Å². The van der Waals surface area contributed by atoms with E-state index in [2.05, 4.69) is 35.9 Å². The van der Waals surface area contributed by atoms with Crippen LogP contribution in [0.15, 0.2) is 52.1 Å². The number of carbonyl (C=O) groups excluding carboxylic acids is 1. The smallest absolute Gasteiger partial charge is 0.237 e. The molecule has 0 atom stereocenters. The van der Waals surface area contributed by atoms with E-state index >= 15 is 0 Å². The molecular weight excluding hydrogens is 436 g/mol. The zero-order chi connectivity index (χ0) is 20.1. The first-order valence-electron chi connectivity index (χ1n) is 8.69. The van der Waals surface area contributed by atoms with Crippen LogP contribution < -0.4 is 0 Å². The van der Waals surface area contributed by atoms with Gasteiger partial charge in [-0.3, -0.25) is 9.79 Å². The largest absolute Gasteiger partial charge is 0.508 e. The second-order valence-corrected chi connectivity index (χ2v) is 7.52. The van der Waals surface area contributed by atoms with Gasteiger partial charge in [0.25, 0.3) is 0 Å². The van der Waals surface area contributed by atoms with E-state index in [0.29, 0.717) is 16.9 Å². The third-order valence-corrected chi connectivity index (χ3v) is 5.24. The number of aromatic hydroxyl groups is 2. The van der Waals surface area contributed by atoms with Gasteiger partial charge in [0.05, 0.1) is 11.3 Å². The Bertz CT molecular complexity index is 1360. The quantitative estimate of drug-likeness (QED) is 0.344. The molecule has 0 saturated carbocycles. The average Bonchev–Trinajstić information content (AvgIpc) is 3.39. The first-order chi connectivity index (χ1) is 14.0. The van der Waals surface area contributed by atoms with Crippen LogP contribution in [0.1, 0.15) is 27.4 Å². The van der Waals surface area contributed by atoms with Crippen molar-refractivity contribution in [3.05, 3.63) is 69.7 Å². The van der Waals surface area contributed by atoms with Crippen LogP contribution in [-0.2, 0) is 0 Å². The lowest BCUT2D eigenvalue weighted by Crippen LogP contribution is -2.02. The predicted molar refractivity (Wildman–Crippen MR) is 114 cm³/mol. The van der Waals surface area contributed by atoms with Gasteiger partial charge >= 0.3 is 0 Å². The van der Waals surface area contributed by atoms with Gasteiger partial charge in [0.15, 0.2) is 5.82 Å². The summed E-state index contributed by atoms with van der Waals surface area (Å²) in [4.78, 5) is 27.2. The van der Waals surface area contributed by atoms with Crippen molar-refractivity contribution in [3.8, 4) is 11.6 Å². The maximum atomic E-state index is 13.0. The third-order valence-electron chi connectivity index (χ3n) is 4.75. The number of aromatic amines is 2. The number of phenols is 1. The number of fused-ring (bicyclic) bond motifs is 2. The van der Waals surface area contributed by atoms with Gasteiger partial charge < -0.3 is 20.2 Å². The van der Waals surface area contributed by atoms with Crippen molar-refractivity contribution in [1.82, 2.24) is 15.0 Å². The number of nitrogens with zero attached hydrogens (tertiary/aromatic N) is 2. The molecule has 4 N–H and O–H groups in total. The monoisotopic (exact) mass is 448 g/mol. The zero-order valence-corrected chi connectivity index (χ0v) is 16.4. The van der Waals surface area contributed by atoms with E-state index in [9.17, 15) is 15.0 Å². The number of phenolic OH excluding ortho intramolecular Hbond substituents is 1. The lowest BCUT2D eigenvalue weighted by atomic mass is 10.1. The van der Waals surface area contributed by atoms with E-state index in [1.54, 1.807) is 36.7 Å². The molecule has 0 aliphatic carbocycles. The fraction of sp³-hybridized carbons (Fsp3) is 0. The Morgan fingerprint density at radius 2 is 2.00 bits per heavy atom. The van der Waals surface area contributed by atoms with Gasteiger partial charge in [0.1, 0.15) is 11.4 Å². The molecule has 0 saturated heterocycles. The van der Waals surface area contributed by atoms with Crippen molar-refractivity contribution in [1.29, 1.82) is 0 Å². The second kappa shape index (κ2) is 6.46. The van der Waals surface area contributed by atoms with E-state index in [0.717, 1.165) is 26.5 Å². The molecule has 3 heterocycles. The summed E-state index contributed by atoms with van der Waals surface area (Å²) in [5.41, 5.74) is 3.77. The van der Waals surface area contributed by atoms with Gasteiger partial charge in [-0.15, -0.1) is 0 Å². The number of allylic oxidation sites excluding steroid dienone is 1. The number of rotatable bonds is 3. The molecule has 4 aromatic rings. The minimum atomic E-state index is -0.334. The minimum Gasteiger partial charge on any atom is -0.508 e. The highest BCUT2D eigenvalue weighted by Gasteiger charge is 2.21. The van der Waals surface area contributed by atoms with E-state index in [1.165, 1.54) is 0 Å². The van der Waals surface area contributed by atoms with Crippen molar-refractivity contribution in [2.75, 3.05) is 0 Å². The van der Waals surface area contributed by atoms with Crippen LogP contribution in [-0.4, -0.2) is 37.2 Å². The number of halogens is 1. The van der Waals surface area contributed by atoms with Gasteiger partial charge in [0, 0.05) is 45.0 Å². The molecule has 1 aliphatic heterocycles. The summed E-state index contributed by atoms with van der Waals surface area (Å²) in [6.45, 7) is 0. The summed E-state index contributed by atoms with van der Waals surface area (Å²) in [7, 11) is 0. The van der Waals surface area contributed by atoms with Gasteiger partial charge in [-0.05, 0) is 36.4 Å². The standard InChI is InChI=1S/C21H13BrN4O3/c22-11-1-4-16-14(6-11)15(9-24-16)19(28)20-25-18(21(29)26-20)5-10-8-23-17-7-12(27)2-3-13(10)17/h1-9,24,27,29H,(H,25,26)/b10-5+. The number of carbonyl (C=O) groups is 1. The summed E-state index contributed by atoms with van der Waals surface area (Å²) in [6, 6.07) is 10.5. The highest BCUT2D eigenvalue weighted by molar-refractivity contribution is 9.10. The van der Waals surface area contributed by atoms with E-state index < -0.39 is 0 Å². The number of aliphatic imine (C=N–C) groups is 1. The number of hydrogen-bond acceptors (Lipinski definition) is 5. The minimum absolute atomic E-state index is 0.0380. The van der Waals surface area contributed by atoms with Crippen molar-refractivity contribution < 1.29 is 15.0 Å². The summed E-state index contributed by atoms with van der Waals surface area (Å²) in [6.07, 6.45) is 4.92. The van der Waals surface area contributed by atoms with Crippen molar-refractivity contribution in [3.63, 3.8) is 0 Å². The molecule has 7 nitrogen and oxygen atoms in total. The van der Waals surface area contributed by atoms with Crippen LogP contribution in [0.25, 0.3) is 22.6 Å². The molecule has 142 valence electrons. The Labute approximate surface area is 172 Å². The molecular formula is C21H13BrN4O3. The molecule has 0 bridgehead atoms. The molecule has 8 heteroatoms. The van der Waals surface area contributed by atoms with Crippen molar-refractivity contribution in [2.24, 2.45) is 4.99 Å². The number of hydrogen-bond donors (Lipinski definition) is 4. The van der Waals surface area contributed by atoms with E-state index in [4.69, 9.17) is 0 Å². The topological polar surface area (TPSA) is 114 Å². The highest BCUT2D eigenvalue weighted by atomic mass is 79.9. The molecule has 0 radical (unpaired) electrons. The lowest BCUT2D eigenvalue weighted by Gasteiger charge is -2.00. The fourth-order valence-electron chi connectivity index (χ4n) is 3.34. The van der Waals surface area contributed by atoms with Crippen molar-refractivity contribution in [2.45, 2.75) is 0 Å². The van der Waals surface area contributed by atoms with Gasteiger partial charge in [-0.25, -0.2) is 0 Å². The van der Waals surface area contributed by atoms with Gasteiger partial charge in [-0.2, -0.15) is 4.98 Å². The Balaban J connectivity index is 1.52. The lowest BCUT2D eigenvalue weighted by molar-refractivity contribution is 0.103. The first-order valence-corrected chi connectivity index (χ1v) is 9.48. The number of nitrogens with one attached hydrogen (secondary N) is 2. The number of imidazole rings is 1. The molecule has 5 rings (SSSR count). The summed E-state index contributed by atoms with van der Waals surface area (Å²) < 4.78 is 0.858. The molecule has 1 aliphatic rings. The maximum Gasteiger partial charge on any atom is 0.237 e. The maximum absolute atomic E-state index is 13.0. The Morgan fingerprint density at radius 3 is 2.86 bits per heavy atom. The number of H-pyrrole nitrogens is 2. The summed E-state index contributed by atoms with van der Waals surface area (Å²) in [5, 5.41) is 20.6. The van der Waals surface area contributed by atoms with Crippen molar-refractivity contribution >= 4 is 56.2 Å². The van der Waals surface area contributed by atoms with Crippen LogP contribution in [0, 0.1) is 0 Å². The highest BCUT2D eigenvalue weighted by Crippen LogP contribution is 2.35. The van der Waals surface area contributed by atoms with Crippen LogP contribution in [0.2, 0.25) is 0 Å². The van der Waals surface area contributed by atoms with E-state index in [1.807, 2.05) is 18.2 Å². The second-order valence-electron chi connectivity index (χ2n) is 6.60. The molecule has 0 spiro atoms. The van der Waals surface area contributed by atoms with E-state index in [-0.39, 0.29) is 23.2 Å². The molecule has 0 fully saturated rings. The van der Waals surface area contributed by atoms with Crippen LogP contribution in [0.4, 0.5) is 5.69 Å². The molecule has 29 heavy (non-hydrogen) atoms. The van der Waals surface area contributed by atoms with Crippen LogP contribution >= 0.6 is 15.9 Å². The van der Waals surface area contributed by atoms with Crippen LogP contribution in [0.3, 0.4) is 0 Å². The molecule has 2 aromatic heterocycles. The average molecular weight is 449 g/mol. The van der Waals surface area contributed by atoms with Crippen LogP contribution in [0.5, 0.6) is 11.6 Å². The molecule has 0 amide bonds. The Hall–Kier alpha value is -3.65. The predicted octanol–water partition coefficient (Wildman–Crippen LogP) is 4.55. The third kappa shape index (κ3) is 2.94.